The van der Waals surface area contributed by atoms with E-state index < -0.39 is 0 Å². The van der Waals surface area contributed by atoms with E-state index in [1.807, 2.05) is 34.1 Å². The molecule has 2 amide bonds. The molecule has 7 heteroatoms. The largest absolute Gasteiger partial charge is 0.497 e. The Labute approximate surface area is 199 Å². The number of hydrogen-bond donors (Lipinski definition) is 0. The van der Waals surface area contributed by atoms with E-state index in [0.717, 1.165) is 57.0 Å². The van der Waals surface area contributed by atoms with Crippen molar-refractivity contribution in [3.05, 3.63) is 29.8 Å². The number of rotatable bonds is 9. The van der Waals surface area contributed by atoms with Gasteiger partial charge >= 0.3 is 0 Å². The summed E-state index contributed by atoms with van der Waals surface area (Å²) in [6.45, 7) is 13.5. The van der Waals surface area contributed by atoms with E-state index in [0.29, 0.717) is 25.7 Å². The summed E-state index contributed by atoms with van der Waals surface area (Å²) >= 11 is 0. The molecule has 0 saturated carbocycles. The van der Waals surface area contributed by atoms with Crippen LogP contribution in [0.5, 0.6) is 5.75 Å². The number of carbonyl (C=O) groups is 2. The molecule has 184 valence electrons. The van der Waals surface area contributed by atoms with Crippen LogP contribution in [0.3, 0.4) is 0 Å². The van der Waals surface area contributed by atoms with Crippen molar-refractivity contribution in [3.63, 3.8) is 0 Å². The maximum atomic E-state index is 13.2. The predicted octanol–water partition coefficient (Wildman–Crippen LogP) is 2.67. The van der Waals surface area contributed by atoms with E-state index in [-0.39, 0.29) is 17.7 Å². The van der Waals surface area contributed by atoms with Crippen molar-refractivity contribution in [2.24, 2.45) is 0 Å². The van der Waals surface area contributed by atoms with Crippen LogP contribution in [0.25, 0.3) is 0 Å². The number of benzene rings is 1. The van der Waals surface area contributed by atoms with Gasteiger partial charge in [-0.25, -0.2) is 0 Å². The van der Waals surface area contributed by atoms with Crippen molar-refractivity contribution in [1.82, 2.24) is 19.6 Å². The molecular weight excluding hydrogens is 416 g/mol. The van der Waals surface area contributed by atoms with Crippen LogP contribution >= 0.6 is 0 Å². The van der Waals surface area contributed by atoms with Crippen LogP contribution < -0.4 is 4.74 Å². The minimum absolute atomic E-state index is 0.129. The van der Waals surface area contributed by atoms with Gasteiger partial charge in [-0.2, -0.15) is 0 Å². The molecule has 0 aliphatic carbocycles. The fourth-order valence-corrected chi connectivity index (χ4v) is 5.17. The first-order valence-corrected chi connectivity index (χ1v) is 12.7. The summed E-state index contributed by atoms with van der Waals surface area (Å²) in [5, 5.41) is 0. The van der Waals surface area contributed by atoms with Crippen molar-refractivity contribution in [2.45, 2.75) is 52.0 Å². The number of carbonyl (C=O) groups excluding carboxylic acids is 2. The highest BCUT2D eigenvalue weighted by molar-refractivity contribution is 5.84. The Morgan fingerprint density at radius 1 is 0.818 bits per heavy atom. The molecule has 1 aromatic carbocycles. The zero-order chi connectivity index (χ0) is 23.8. The van der Waals surface area contributed by atoms with E-state index in [4.69, 9.17) is 4.74 Å². The molecular formula is C26H42N4O3. The first-order valence-electron chi connectivity index (χ1n) is 12.7. The standard InChI is InChI=1S/C26H42N4O3/c1-5-22(6-2)28-16-18-29(19-17-28)25(31)20-27-12-14-30(15-13-27)26(32)24(7-3)21-8-10-23(33-4)11-9-21/h8-11,22,24H,5-7,12-20H2,1-4H3. The molecule has 2 heterocycles. The van der Waals surface area contributed by atoms with Gasteiger partial charge in [0.05, 0.1) is 19.6 Å². The number of nitrogens with zero attached hydrogens (tertiary/aromatic N) is 4. The topological polar surface area (TPSA) is 56.3 Å². The summed E-state index contributed by atoms with van der Waals surface area (Å²) in [5.41, 5.74) is 1.04. The summed E-state index contributed by atoms with van der Waals surface area (Å²) in [7, 11) is 1.65. The average molecular weight is 459 g/mol. The number of hydrogen-bond acceptors (Lipinski definition) is 5. The molecule has 2 aliphatic heterocycles. The summed E-state index contributed by atoms with van der Waals surface area (Å²) in [6, 6.07) is 8.45. The molecule has 1 aromatic rings. The first kappa shape index (κ1) is 25.5. The maximum Gasteiger partial charge on any atom is 0.236 e. The van der Waals surface area contributed by atoms with Crippen LogP contribution in [0.15, 0.2) is 24.3 Å². The third-order valence-electron chi connectivity index (χ3n) is 7.39. The monoisotopic (exact) mass is 458 g/mol. The van der Waals surface area contributed by atoms with Crippen LogP contribution in [0, 0.1) is 0 Å². The van der Waals surface area contributed by atoms with Gasteiger partial charge in [-0.15, -0.1) is 0 Å². The van der Waals surface area contributed by atoms with E-state index in [1.165, 1.54) is 12.8 Å². The number of methoxy groups -OCH3 is 1. The molecule has 3 rings (SSSR count). The molecule has 0 radical (unpaired) electrons. The molecule has 0 bridgehead atoms. The van der Waals surface area contributed by atoms with Crippen LogP contribution in [-0.4, -0.2) is 103 Å². The third-order valence-corrected chi connectivity index (χ3v) is 7.39. The van der Waals surface area contributed by atoms with Crippen LogP contribution in [-0.2, 0) is 9.59 Å². The minimum atomic E-state index is -0.129. The second-order valence-corrected chi connectivity index (χ2v) is 9.22. The Hall–Kier alpha value is -2.12. The fourth-order valence-electron chi connectivity index (χ4n) is 5.17. The quantitative estimate of drug-likeness (QED) is 0.570. The van der Waals surface area contributed by atoms with Gasteiger partial charge in [-0.1, -0.05) is 32.9 Å². The van der Waals surface area contributed by atoms with Gasteiger partial charge in [0.1, 0.15) is 5.75 Å². The van der Waals surface area contributed by atoms with Crippen molar-refractivity contribution in [2.75, 3.05) is 66.0 Å². The van der Waals surface area contributed by atoms with Crippen LogP contribution in [0.1, 0.15) is 51.5 Å². The van der Waals surface area contributed by atoms with E-state index >= 15 is 0 Å². The summed E-state index contributed by atoms with van der Waals surface area (Å²) in [6.07, 6.45) is 3.11. The first-order chi connectivity index (χ1) is 16.0. The molecule has 0 aromatic heterocycles. The molecule has 2 aliphatic rings. The number of piperazine rings is 2. The maximum absolute atomic E-state index is 13.2. The Balaban J connectivity index is 1.45. The molecule has 2 fully saturated rings. The zero-order valence-electron chi connectivity index (χ0n) is 21.0. The van der Waals surface area contributed by atoms with Crippen LogP contribution in [0.2, 0.25) is 0 Å². The third kappa shape index (κ3) is 6.48. The van der Waals surface area contributed by atoms with Gasteiger partial charge in [-0.3, -0.25) is 19.4 Å². The van der Waals surface area contributed by atoms with Crippen molar-refractivity contribution in [1.29, 1.82) is 0 Å². The average Bonchev–Trinajstić information content (AvgIpc) is 2.86. The highest BCUT2D eigenvalue weighted by Gasteiger charge is 2.30. The Kier molecular flexibility index (Phi) is 9.56. The fraction of sp³-hybridized carbons (Fsp3) is 0.692. The zero-order valence-corrected chi connectivity index (χ0v) is 21.0. The van der Waals surface area contributed by atoms with Crippen molar-refractivity contribution in [3.8, 4) is 5.75 Å². The van der Waals surface area contributed by atoms with Crippen molar-refractivity contribution >= 4 is 11.8 Å². The van der Waals surface area contributed by atoms with Gasteiger partial charge in [0.25, 0.3) is 0 Å². The van der Waals surface area contributed by atoms with Gasteiger partial charge in [0.2, 0.25) is 11.8 Å². The smallest absolute Gasteiger partial charge is 0.236 e. The molecule has 2 saturated heterocycles. The second kappa shape index (κ2) is 12.4. The summed E-state index contributed by atoms with van der Waals surface area (Å²) < 4.78 is 5.24. The van der Waals surface area contributed by atoms with Gasteiger partial charge < -0.3 is 14.5 Å². The van der Waals surface area contributed by atoms with E-state index in [2.05, 4.69) is 30.6 Å². The normalized spacial score (nSPS) is 19.1. The lowest BCUT2D eigenvalue weighted by atomic mass is 9.94. The lowest BCUT2D eigenvalue weighted by Gasteiger charge is -2.40. The molecule has 1 unspecified atom stereocenters. The predicted molar refractivity (Wildman–Crippen MR) is 132 cm³/mol. The molecule has 33 heavy (non-hydrogen) atoms. The van der Waals surface area contributed by atoms with E-state index in [1.54, 1.807) is 7.11 Å². The highest BCUT2D eigenvalue weighted by atomic mass is 16.5. The Morgan fingerprint density at radius 2 is 1.39 bits per heavy atom. The van der Waals surface area contributed by atoms with Crippen molar-refractivity contribution < 1.29 is 14.3 Å². The Morgan fingerprint density at radius 3 is 1.91 bits per heavy atom. The summed E-state index contributed by atoms with van der Waals surface area (Å²) in [5.74, 6) is 1.08. The molecule has 1 atom stereocenters. The number of ether oxygens (including phenoxy) is 1. The SMILES string of the molecule is CCC(C(=O)N1CCN(CC(=O)N2CCN(C(CC)CC)CC2)CC1)c1ccc(OC)cc1. The minimum Gasteiger partial charge on any atom is -0.497 e. The van der Waals surface area contributed by atoms with Gasteiger partial charge in [0.15, 0.2) is 0 Å². The van der Waals surface area contributed by atoms with Crippen LogP contribution in [0.4, 0.5) is 0 Å². The van der Waals surface area contributed by atoms with Gasteiger partial charge in [-0.05, 0) is 37.0 Å². The van der Waals surface area contributed by atoms with Gasteiger partial charge in [0, 0.05) is 58.4 Å². The van der Waals surface area contributed by atoms with E-state index in [9.17, 15) is 9.59 Å². The number of amides is 2. The molecule has 7 nitrogen and oxygen atoms in total. The second-order valence-electron chi connectivity index (χ2n) is 9.22. The summed E-state index contributed by atoms with van der Waals surface area (Å²) in [4.78, 5) is 34.8. The highest BCUT2D eigenvalue weighted by Crippen LogP contribution is 2.25. The lowest BCUT2D eigenvalue weighted by Crippen LogP contribution is -2.55. The lowest BCUT2D eigenvalue weighted by molar-refractivity contribution is -0.137. The molecule has 0 N–H and O–H groups in total. The Bertz CT molecular complexity index is 749. The molecule has 0 spiro atoms.